The molecular weight excluding hydrogens is 340 g/mol. The predicted molar refractivity (Wildman–Crippen MR) is 90.5 cm³/mol. The maximum atomic E-state index is 14.6. The van der Waals surface area contributed by atoms with Crippen molar-refractivity contribution >= 4 is 11.9 Å². The molecule has 1 aliphatic heterocycles. The van der Waals surface area contributed by atoms with Crippen LogP contribution in [0.4, 0.5) is 8.78 Å². The van der Waals surface area contributed by atoms with E-state index in [1.54, 1.807) is 30.3 Å². The molecule has 6 heteroatoms. The van der Waals surface area contributed by atoms with Gasteiger partial charge in [-0.2, -0.15) is 0 Å². The summed E-state index contributed by atoms with van der Waals surface area (Å²) in [6, 6.07) is 14.3. The van der Waals surface area contributed by atoms with E-state index >= 15 is 0 Å². The van der Waals surface area contributed by atoms with Gasteiger partial charge in [0.1, 0.15) is 0 Å². The number of aromatic carboxylic acids is 1. The van der Waals surface area contributed by atoms with Crippen molar-refractivity contribution in [1.29, 1.82) is 0 Å². The molecule has 2 atom stereocenters. The zero-order valence-electron chi connectivity index (χ0n) is 13.9. The fourth-order valence-corrected chi connectivity index (χ4v) is 4.16. The van der Waals surface area contributed by atoms with Crippen molar-refractivity contribution in [2.75, 3.05) is 13.1 Å². The molecule has 0 bridgehead atoms. The lowest BCUT2D eigenvalue weighted by molar-refractivity contribution is 0.0677. The number of rotatable bonds is 3. The zero-order chi connectivity index (χ0) is 18.5. The van der Waals surface area contributed by atoms with E-state index in [-0.39, 0.29) is 31.0 Å². The van der Waals surface area contributed by atoms with Crippen LogP contribution in [0.2, 0.25) is 0 Å². The van der Waals surface area contributed by atoms with Crippen LogP contribution in [0.3, 0.4) is 0 Å². The first-order chi connectivity index (χ1) is 12.4. The second kappa shape index (κ2) is 5.62. The standard InChI is InChI=1S/C20H17F2NO3/c21-20(22)16-12-23(11-10-19(16,20)15-4-2-1-3-5-15)17(24)13-6-8-14(9-7-13)18(25)26/h1-9,16H,10-12H2,(H,25,26). The van der Waals surface area contributed by atoms with Crippen LogP contribution < -0.4 is 0 Å². The molecular formula is C20H17F2NO3. The van der Waals surface area contributed by atoms with Crippen LogP contribution in [0.1, 0.15) is 32.7 Å². The Morgan fingerprint density at radius 2 is 1.62 bits per heavy atom. The van der Waals surface area contributed by atoms with Gasteiger partial charge in [0.05, 0.1) is 16.9 Å². The Morgan fingerprint density at radius 3 is 2.19 bits per heavy atom. The Labute approximate surface area is 149 Å². The number of carboxylic acid groups (broad SMARTS) is 1. The topological polar surface area (TPSA) is 57.6 Å². The molecule has 2 aromatic rings. The summed E-state index contributed by atoms with van der Waals surface area (Å²) in [7, 11) is 0. The number of carboxylic acids is 1. The highest BCUT2D eigenvalue weighted by atomic mass is 19.3. The highest BCUT2D eigenvalue weighted by Crippen LogP contribution is 2.70. The molecule has 1 heterocycles. The van der Waals surface area contributed by atoms with Crippen LogP contribution >= 0.6 is 0 Å². The molecule has 1 aliphatic carbocycles. The fraction of sp³-hybridized carbons (Fsp3) is 0.300. The number of alkyl halides is 2. The zero-order valence-corrected chi connectivity index (χ0v) is 13.9. The Morgan fingerprint density at radius 1 is 1.00 bits per heavy atom. The highest BCUT2D eigenvalue weighted by molar-refractivity contribution is 5.96. The maximum Gasteiger partial charge on any atom is 0.335 e. The van der Waals surface area contributed by atoms with Crippen molar-refractivity contribution in [3.63, 3.8) is 0 Å². The molecule has 1 saturated carbocycles. The Balaban J connectivity index is 1.54. The van der Waals surface area contributed by atoms with Crippen molar-refractivity contribution in [1.82, 2.24) is 4.90 Å². The van der Waals surface area contributed by atoms with Crippen molar-refractivity contribution < 1.29 is 23.5 Å². The molecule has 2 aliphatic rings. The second-order valence-corrected chi connectivity index (χ2v) is 6.90. The third kappa shape index (κ3) is 2.25. The van der Waals surface area contributed by atoms with E-state index < -0.39 is 23.2 Å². The number of amides is 1. The smallest absolute Gasteiger partial charge is 0.335 e. The van der Waals surface area contributed by atoms with Gasteiger partial charge in [-0.25, -0.2) is 13.6 Å². The lowest BCUT2D eigenvalue weighted by atomic mass is 9.87. The summed E-state index contributed by atoms with van der Waals surface area (Å²) in [6.07, 6.45) is 0.216. The minimum Gasteiger partial charge on any atom is -0.478 e. The number of hydrogen-bond acceptors (Lipinski definition) is 2. The van der Waals surface area contributed by atoms with Gasteiger partial charge < -0.3 is 10.0 Å². The van der Waals surface area contributed by atoms with E-state index in [4.69, 9.17) is 5.11 Å². The third-order valence-corrected chi connectivity index (χ3v) is 5.68. The minimum absolute atomic E-state index is 0.00140. The average Bonchev–Trinajstić information content (AvgIpc) is 3.18. The maximum absolute atomic E-state index is 14.6. The summed E-state index contributed by atoms with van der Waals surface area (Å²) >= 11 is 0. The molecule has 2 aromatic carbocycles. The van der Waals surface area contributed by atoms with Gasteiger partial charge in [0.15, 0.2) is 0 Å². The van der Waals surface area contributed by atoms with Gasteiger partial charge in [0.25, 0.3) is 11.8 Å². The van der Waals surface area contributed by atoms with Gasteiger partial charge in [-0.15, -0.1) is 0 Å². The van der Waals surface area contributed by atoms with Crippen molar-refractivity contribution in [2.45, 2.75) is 17.8 Å². The van der Waals surface area contributed by atoms with Crippen LogP contribution in [0.25, 0.3) is 0 Å². The molecule has 1 amide bonds. The normalized spacial score (nSPS) is 26.1. The highest BCUT2D eigenvalue weighted by Gasteiger charge is 2.81. The summed E-state index contributed by atoms with van der Waals surface area (Å²) < 4.78 is 29.2. The summed E-state index contributed by atoms with van der Waals surface area (Å²) in [5.74, 6) is -5.12. The second-order valence-electron chi connectivity index (χ2n) is 6.90. The SMILES string of the molecule is O=C(O)c1ccc(C(=O)N2CCC3(c4ccccc4)C(C2)C3(F)F)cc1. The number of nitrogens with zero attached hydrogens (tertiary/aromatic N) is 1. The van der Waals surface area contributed by atoms with Gasteiger partial charge in [-0.3, -0.25) is 4.79 Å². The van der Waals surface area contributed by atoms with Gasteiger partial charge in [0.2, 0.25) is 0 Å². The fourth-order valence-electron chi connectivity index (χ4n) is 4.16. The Hall–Kier alpha value is -2.76. The summed E-state index contributed by atoms with van der Waals surface area (Å²) in [6.45, 7) is 0.252. The number of carbonyl (C=O) groups excluding carboxylic acids is 1. The first kappa shape index (κ1) is 16.7. The molecule has 1 N–H and O–H groups in total. The third-order valence-electron chi connectivity index (χ3n) is 5.68. The van der Waals surface area contributed by atoms with Gasteiger partial charge >= 0.3 is 5.97 Å². The number of hydrogen-bond donors (Lipinski definition) is 1. The quantitative estimate of drug-likeness (QED) is 0.916. The van der Waals surface area contributed by atoms with Crippen LogP contribution in [0.5, 0.6) is 0 Å². The van der Waals surface area contributed by atoms with Crippen LogP contribution in [0, 0.1) is 5.92 Å². The molecule has 2 fully saturated rings. The molecule has 4 rings (SSSR count). The number of likely N-dealkylation sites (tertiary alicyclic amines) is 1. The van der Waals surface area contributed by atoms with Gasteiger partial charge in [0, 0.05) is 18.7 Å². The van der Waals surface area contributed by atoms with E-state index in [1.165, 1.54) is 29.2 Å². The monoisotopic (exact) mass is 357 g/mol. The van der Waals surface area contributed by atoms with Crippen molar-refractivity contribution in [3.8, 4) is 0 Å². The number of fused-ring (bicyclic) bond motifs is 1. The van der Waals surface area contributed by atoms with Crippen molar-refractivity contribution in [2.24, 2.45) is 5.92 Å². The van der Waals surface area contributed by atoms with Gasteiger partial charge in [-0.1, -0.05) is 30.3 Å². The number of piperidine rings is 1. The summed E-state index contributed by atoms with van der Waals surface area (Å²) in [4.78, 5) is 25.0. The summed E-state index contributed by atoms with van der Waals surface area (Å²) in [5.41, 5.74) is -0.144. The Kier molecular flexibility index (Phi) is 3.61. The van der Waals surface area contributed by atoms with E-state index in [1.807, 2.05) is 0 Å². The number of benzene rings is 2. The van der Waals surface area contributed by atoms with Gasteiger partial charge in [-0.05, 0) is 36.2 Å². The minimum atomic E-state index is -2.82. The lowest BCUT2D eigenvalue weighted by Crippen LogP contribution is -2.40. The Bertz CT molecular complexity index is 866. The van der Waals surface area contributed by atoms with E-state index in [0.717, 1.165) is 0 Å². The van der Waals surface area contributed by atoms with Crippen LogP contribution in [0.15, 0.2) is 54.6 Å². The average molecular weight is 357 g/mol. The number of carbonyl (C=O) groups is 2. The molecule has 134 valence electrons. The first-order valence-electron chi connectivity index (χ1n) is 8.44. The molecule has 0 aromatic heterocycles. The van der Waals surface area contributed by atoms with Crippen molar-refractivity contribution in [3.05, 3.63) is 71.3 Å². The van der Waals surface area contributed by atoms with E-state index in [0.29, 0.717) is 11.1 Å². The largest absolute Gasteiger partial charge is 0.478 e. The lowest BCUT2D eigenvalue weighted by Gasteiger charge is -2.30. The molecule has 4 nitrogen and oxygen atoms in total. The molecule has 0 spiro atoms. The molecule has 26 heavy (non-hydrogen) atoms. The number of halogens is 2. The first-order valence-corrected chi connectivity index (χ1v) is 8.44. The predicted octanol–water partition coefficient (Wildman–Crippen LogP) is 3.43. The summed E-state index contributed by atoms with van der Waals surface area (Å²) in [5, 5.41) is 8.92. The van der Waals surface area contributed by atoms with E-state index in [9.17, 15) is 18.4 Å². The molecule has 0 radical (unpaired) electrons. The molecule has 1 saturated heterocycles. The molecule has 2 unspecified atom stereocenters. The van der Waals surface area contributed by atoms with E-state index in [2.05, 4.69) is 0 Å². The van der Waals surface area contributed by atoms with Crippen LogP contribution in [-0.2, 0) is 5.41 Å². The van der Waals surface area contributed by atoms with Crippen LogP contribution in [-0.4, -0.2) is 40.9 Å².